The molecule has 1 aliphatic rings. The van der Waals surface area contributed by atoms with Crippen LogP contribution in [0, 0.1) is 0 Å². The number of halogens is 1. The van der Waals surface area contributed by atoms with Crippen LogP contribution in [-0.2, 0) is 12.1 Å². The summed E-state index contributed by atoms with van der Waals surface area (Å²) < 4.78 is 23.3. The van der Waals surface area contributed by atoms with E-state index in [9.17, 15) is 9.18 Å². The van der Waals surface area contributed by atoms with Gasteiger partial charge in [0.1, 0.15) is 11.7 Å². The number of aromatic nitrogens is 6. The average molecular weight is 522 g/mol. The summed E-state index contributed by atoms with van der Waals surface area (Å²) >= 11 is 0. The summed E-state index contributed by atoms with van der Waals surface area (Å²) in [7, 11) is 1.92. The van der Waals surface area contributed by atoms with Gasteiger partial charge in [0.25, 0.3) is 11.9 Å². The van der Waals surface area contributed by atoms with Gasteiger partial charge in [-0.1, -0.05) is 18.7 Å². The van der Waals surface area contributed by atoms with Crippen LogP contribution in [0.4, 0.5) is 10.1 Å². The lowest BCUT2D eigenvalue weighted by Gasteiger charge is -2.33. The number of amides is 1. The number of alkyl halides is 1. The normalized spacial score (nSPS) is 18.6. The second-order valence-corrected chi connectivity index (χ2v) is 10.5. The number of hydrogen-bond donors (Lipinski definition) is 2. The van der Waals surface area contributed by atoms with Crippen molar-refractivity contribution in [2.45, 2.75) is 51.5 Å². The summed E-state index contributed by atoms with van der Waals surface area (Å²) in [4.78, 5) is 19.0. The van der Waals surface area contributed by atoms with E-state index in [0.717, 1.165) is 17.6 Å². The van der Waals surface area contributed by atoms with Crippen molar-refractivity contribution in [1.29, 1.82) is 0 Å². The number of hydrogen-bond acceptors (Lipinski definition) is 8. The van der Waals surface area contributed by atoms with Gasteiger partial charge >= 0.3 is 0 Å². The minimum Gasteiger partial charge on any atom is -0.377 e. The average Bonchev–Trinajstić information content (AvgIpc) is 3.62. The Labute approximate surface area is 219 Å². The molecule has 1 amide bonds. The maximum absolute atomic E-state index is 14.7. The molecule has 1 aliphatic heterocycles. The molecule has 2 atom stereocenters. The smallest absolute Gasteiger partial charge is 0.291 e. The van der Waals surface area contributed by atoms with E-state index in [0.29, 0.717) is 29.7 Å². The SMILES string of the molecule is C=Cc1c2cccc(N[C@@H]3CCN(C)C[C@@H]3F)c2nn1-c1noc(CNC(=O)c2cnn(C(C)(C)C)c2)n1. The minimum atomic E-state index is -0.984. The largest absolute Gasteiger partial charge is 0.377 e. The number of nitrogens with one attached hydrogen (secondary N) is 2. The Hall–Kier alpha value is -4.06. The van der Waals surface area contributed by atoms with E-state index in [1.165, 1.54) is 10.9 Å². The third-order valence-electron chi connectivity index (χ3n) is 6.60. The lowest BCUT2D eigenvalue weighted by Crippen LogP contribution is -2.46. The second-order valence-electron chi connectivity index (χ2n) is 10.5. The number of piperidine rings is 1. The van der Waals surface area contributed by atoms with E-state index in [1.54, 1.807) is 17.0 Å². The van der Waals surface area contributed by atoms with E-state index < -0.39 is 6.17 Å². The molecule has 200 valence electrons. The molecule has 5 rings (SSSR count). The zero-order valence-electron chi connectivity index (χ0n) is 22.0. The zero-order valence-corrected chi connectivity index (χ0v) is 22.0. The van der Waals surface area contributed by atoms with Gasteiger partial charge in [-0.05, 0) is 51.5 Å². The van der Waals surface area contributed by atoms with Gasteiger partial charge in [0.05, 0.1) is 41.3 Å². The Morgan fingerprint density at radius 1 is 1.34 bits per heavy atom. The summed E-state index contributed by atoms with van der Waals surface area (Å²) in [5.41, 5.74) is 2.27. The monoisotopic (exact) mass is 521 g/mol. The fourth-order valence-corrected chi connectivity index (χ4v) is 4.48. The predicted octanol–water partition coefficient (Wildman–Crippen LogP) is 3.39. The number of carbonyl (C=O) groups is 1. The first-order chi connectivity index (χ1) is 18.1. The third-order valence-corrected chi connectivity index (χ3v) is 6.60. The Bertz CT molecular complexity index is 1460. The third kappa shape index (κ3) is 5.03. The maximum atomic E-state index is 14.7. The highest BCUT2D eigenvalue weighted by molar-refractivity contribution is 5.96. The highest BCUT2D eigenvalue weighted by Gasteiger charge is 2.28. The molecule has 4 heterocycles. The number of carbonyl (C=O) groups excluding carboxylic acids is 1. The van der Waals surface area contributed by atoms with Gasteiger partial charge in [0.2, 0.25) is 5.89 Å². The fourth-order valence-electron chi connectivity index (χ4n) is 4.48. The Morgan fingerprint density at radius 3 is 2.87 bits per heavy atom. The molecule has 12 heteroatoms. The molecule has 2 N–H and O–H groups in total. The van der Waals surface area contributed by atoms with E-state index >= 15 is 0 Å². The van der Waals surface area contributed by atoms with Crippen LogP contribution in [0.5, 0.6) is 0 Å². The standard InChI is InChI=1S/C26H32FN9O2/c1-6-21-17-8-7-9-20(30-19-10-11-34(5)15-18(19)27)23(17)32-36(21)25-31-22(38-33-25)13-28-24(37)16-12-29-35(14-16)26(2,3)4/h6-9,12,14,18-19,30H,1,10-11,13,15H2,2-5H3,(H,28,37)/t18-,19+/m0/s1. The number of likely N-dealkylation sites (tertiary alicyclic amines) is 1. The molecule has 11 nitrogen and oxygen atoms in total. The summed E-state index contributed by atoms with van der Waals surface area (Å²) in [6.07, 6.45) is 4.59. The first-order valence-corrected chi connectivity index (χ1v) is 12.5. The maximum Gasteiger partial charge on any atom is 0.291 e. The van der Waals surface area contributed by atoms with E-state index in [-0.39, 0.29) is 35.9 Å². The number of nitrogens with zero attached hydrogens (tertiary/aromatic N) is 7. The molecule has 1 fully saturated rings. The minimum absolute atomic E-state index is 0.0392. The van der Waals surface area contributed by atoms with Crippen LogP contribution in [-0.4, -0.2) is 72.9 Å². The fraction of sp³-hybridized carbons (Fsp3) is 0.423. The van der Waals surface area contributed by atoms with Crippen molar-refractivity contribution in [1.82, 2.24) is 39.9 Å². The Morgan fingerprint density at radius 2 is 2.16 bits per heavy atom. The van der Waals surface area contributed by atoms with Gasteiger partial charge in [-0.15, -0.1) is 0 Å². The molecular weight excluding hydrogens is 489 g/mol. The van der Waals surface area contributed by atoms with E-state index in [4.69, 9.17) is 9.62 Å². The van der Waals surface area contributed by atoms with Crippen molar-refractivity contribution >= 4 is 28.6 Å². The molecule has 1 saturated heterocycles. The van der Waals surface area contributed by atoms with Crippen LogP contribution in [0.25, 0.3) is 22.9 Å². The van der Waals surface area contributed by atoms with Crippen molar-refractivity contribution < 1.29 is 13.7 Å². The van der Waals surface area contributed by atoms with E-state index in [1.807, 2.05) is 50.9 Å². The van der Waals surface area contributed by atoms with Crippen LogP contribution in [0.1, 0.15) is 49.1 Å². The second kappa shape index (κ2) is 10.0. The lowest BCUT2D eigenvalue weighted by atomic mass is 10.0. The van der Waals surface area contributed by atoms with Gasteiger partial charge < -0.3 is 20.1 Å². The van der Waals surface area contributed by atoms with Crippen molar-refractivity contribution in [3.05, 3.63) is 54.3 Å². The number of benzene rings is 1. The van der Waals surface area contributed by atoms with Crippen molar-refractivity contribution in [2.24, 2.45) is 0 Å². The molecule has 0 unspecified atom stereocenters. The van der Waals surface area contributed by atoms with Crippen molar-refractivity contribution in [3.8, 4) is 5.95 Å². The highest BCUT2D eigenvalue weighted by Crippen LogP contribution is 2.29. The molecule has 0 radical (unpaired) electrons. The van der Waals surface area contributed by atoms with Crippen molar-refractivity contribution in [2.75, 3.05) is 25.5 Å². The molecular formula is C26H32FN9O2. The molecule has 0 spiro atoms. The Kier molecular flexibility index (Phi) is 6.74. The summed E-state index contributed by atoms with van der Waals surface area (Å²) in [6, 6.07) is 5.40. The van der Waals surface area contributed by atoms with Crippen LogP contribution < -0.4 is 10.6 Å². The van der Waals surface area contributed by atoms with Gasteiger partial charge in [0.15, 0.2) is 0 Å². The van der Waals surface area contributed by atoms with Crippen LogP contribution in [0.3, 0.4) is 0 Å². The first kappa shape index (κ1) is 25.6. The van der Waals surface area contributed by atoms with Gasteiger partial charge in [-0.3, -0.25) is 9.48 Å². The van der Waals surface area contributed by atoms with Gasteiger partial charge in [-0.2, -0.15) is 19.9 Å². The molecule has 4 aromatic rings. The van der Waals surface area contributed by atoms with Crippen LogP contribution in [0.15, 0.2) is 41.7 Å². The number of anilines is 1. The van der Waals surface area contributed by atoms with Crippen LogP contribution >= 0.6 is 0 Å². The molecule has 0 aliphatic carbocycles. The first-order valence-electron chi connectivity index (χ1n) is 12.5. The molecule has 0 bridgehead atoms. The quantitative estimate of drug-likeness (QED) is 0.380. The summed E-state index contributed by atoms with van der Waals surface area (Å²) in [6.45, 7) is 11.2. The number of fused-ring (bicyclic) bond motifs is 1. The Balaban J connectivity index is 1.34. The number of rotatable bonds is 7. The molecule has 1 aromatic carbocycles. The van der Waals surface area contributed by atoms with E-state index in [2.05, 4.69) is 32.5 Å². The molecule has 3 aromatic heterocycles. The van der Waals surface area contributed by atoms with Crippen LogP contribution in [0.2, 0.25) is 0 Å². The predicted molar refractivity (Wildman–Crippen MR) is 142 cm³/mol. The van der Waals surface area contributed by atoms with Crippen molar-refractivity contribution in [3.63, 3.8) is 0 Å². The summed E-state index contributed by atoms with van der Waals surface area (Å²) in [5, 5.41) is 20.0. The zero-order chi connectivity index (χ0) is 27.0. The lowest BCUT2D eigenvalue weighted by molar-refractivity contribution is 0.0946. The topological polar surface area (TPSA) is 119 Å². The van der Waals surface area contributed by atoms with Gasteiger partial charge in [0, 0.05) is 24.7 Å². The van der Waals surface area contributed by atoms with Gasteiger partial charge in [-0.25, -0.2) is 4.39 Å². The summed E-state index contributed by atoms with van der Waals surface area (Å²) in [5.74, 6) is 0.123. The molecule has 38 heavy (non-hydrogen) atoms. The highest BCUT2D eigenvalue weighted by atomic mass is 19.1. The molecule has 0 saturated carbocycles.